The van der Waals surface area contributed by atoms with Crippen molar-refractivity contribution in [2.75, 3.05) is 18.5 Å². The maximum atomic E-state index is 14.3. The lowest BCUT2D eigenvalue weighted by molar-refractivity contribution is 0.0558. The fraction of sp³-hybridized carbons (Fsp3) is 0.647. The van der Waals surface area contributed by atoms with Crippen LogP contribution >= 0.6 is 0 Å². The third-order valence-electron chi connectivity index (χ3n) is 4.66. The molecule has 0 amide bonds. The lowest BCUT2D eigenvalue weighted by Crippen LogP contribution is -2.39. The van der Waals surface area contributed by atoms with E-state index in [4.69, 9.17) is 0 Å². The Balaban J connectivity index is 1.63. The molecule has 1 aromatic carbocycles. The monoisotopic (exact) mass is 292 g/mol. The van der Waals surface area contributed by atoms with Crippen molar-refractivity contribution in [3.05, 3.63) is 29.6 Å². The zero-order valence-corrected chi connectivity index (χ0v) is 12.7. The van der Waals surface area contributed by atoms with Crippen molar-refractivity contribution in [2.24, 2.45) is 0 Å². The Labute approximate surface area is 126 Å². The second-order valence-corrected chi connectivity index (χ2v) is 6.73. The highest BCUT2D eigenvalue weighted by Crippen LogP contribution is 2.32. The molecule has 2 aliphatic rings. The van der Waals surface area contributed by atoms with Gasteiger partial charge >= 0.3 is 0 Å². The van der Waals surface area contributed by atoms with Crippen molar-refractivity contribution >= 4 is 5.69 Å². The molecular formula is C17H25FN2O. The second kappa shape index (κ2) is 5.93. The summed E-state index contributed by atoms with van der Waals surface area (Å²) in [6.45, 7) is 1.24. The first-order valence-corrected chi connectivity index (χ1v) is 8.01. The van der Waals surface area contributed by atoms with Crippen molar-refractivity contribution in [3.63, 3.8) is 0 Å². The molecule has 0 radical (unpaired) electrons. The predicted molar refractivity (Wildman–Crippen MR) is 82.9 cm³/mol. The van der Waals surface area contributed by atoms with Crippen LogP contribution in [0.2, 0.25) is 0 Å². The molecule has 2 fully saturated rings. The molecule has 0 bridgehead atoms. The molecular weight excluding hydrogens is 267 g/mol. The Morgan fingerprint density at radius 3 is 2.67 bits per heavy atom. The van der Waals surface area contributed by atoms with E-state index in [0.717, 1.165) is 37.8 Å². The van der Waals surface area contributed by atoms with Gasteiger partial charge in [0.15, 0.2) is 0 Å². The van der Waals surface area contributed by atoms with Gasteiger partial charge in [0.1, 0.15) is 5.82 Å². The predicted octanol–water partition coefficient (Wildman–Crippen LogP) is 2.82. The molecule has 0 aliphatic heterocycles. The van der Waals surface area contributed by atoms with Crippen molar-refractivity contribution in [3.8, 4) is 0 Å². The van der Waals surface area contributed by atoms with E-state index in [-0.39, 0.29) is 5.82 Å². The summed E-state index contributed by atoms with van der Waals surface area (Å²) >= 11 is 0. The molecule has 116 valence electrons. The van der Waals surface area contributed by atoms with Gasteiger partial charge in [-0.3, -0.25) is 0 Å². The molecule has 1 aromatic rings. The van der Waals surface area contributed by atoms with E-state index in [9.17, 15) is 9.50 Å². The maximum Gasteiger partial charge on any atom is 0.146 e. The van der Waals surface area contributed by atoms with Crippen LogP contribution in [0, 0.1) is 5.82 Å². The lowest BCUT2D eigenvalue weighted by atomic mass is 10.0. The van der Waals surface area contributed by atoms with Crippen molar-refractivity contribution in [2.45, 2.75) is 56.7 Å². The van der Waals surface area contributed by atoms with Crippen molar-refractivity contribution in [1.29, 1.82) is 0 Å². The zero-order valence-electron chi connectivity index (χ0n) is 12.7. The fourth-order valence-corrected chi connectivity index (χ4v) is 3.24. The minimum absolute atomic E-state index is 0.200. The van der Waals surface area contributed by atoms with E-state index >= 15 is 0 Å². The molecule has 0 atom stereocenters. The molecule has 21 heavy (non-hydrogen) atoms. The van der Waals surface area contributed by atoms with Gasteiger partial charge in [0.05, 0.1) is 11.3 Å². The third-order valence-corrected chi connectivity index (χ3v) is 4.66. The van der Waals surface area contributed by atoms with Crippen LogP contribution in [-0.2, 0) is 6.54 Å². The van der Waals surface area contributed by atoms with E-state index in [1.807, 2.05) is 24.1 Å². The molecule has 3 nitrogen and oxygen atoms in total. The Hall–Kier alpha value is -1.13. The van der Waals surface area contributed by atoms with Gasteiger partial charge in [-0.05, 0) is 43.4 Å². The first-order valence-electron chi connectivity index (χ1n) is 8.01. The summed E-state index contributed by atoms with van der Waals surface area (Å²) in [6.07, 6.45) is 6.26. The van der Waals surface area contributed by atoms with Crippen LogP contribution in [0.3, 0.4) is 0 Å². The number of hydrogen-bond acceptors (Lipinski definition) is 3. The second-order valence-electron chi connectivity index (χ2n) is 6.73. The highest BCUT2D eigenvalue weighted by Gasteiger charge is 2.32. The summed E-state index contributed by atoms with van der Waals surface area (Å²) in [6, 6.07) is 6.05. The minimum atomic E-state index is -0.645. The number of nitrogens with zero attached hydrogens (tertiary/aromatic N) is 1. The van der Waals surface area contributed by atoms with Gasteiger partial charge in [-0.1, -0.05) is 18.9 Å². The number of aliphatic hydroxyl groups is 1. The van der Waals surface area contributed by atoms with Crippen molar-refractivity contribution in [1.82, 2.24) is 5.32 Å². The molecule has 0 unspecified atom stereocenters. The molecule has 0 spiro atoms. The SMILES string of the molecule is CN(CC1(O)CCCC1)c1ccc(CNC2CC2)cc1F. The molecule has 0 saturated heterocycles. The first kappa shape index (κ1) is 14.8. The minimum Gasteiger partial charge on any atom is -0.388 e. The summed E-state index contributed by atoms with van der Waals surface area (Å²) in [7, 11) is 1.86. The van der Waals surface area contributed by atoms with Crippen molar-refractivity contribution < 1.29 is 9.50 Å². The average molecular weight is 292 g/mol. The topological polar surface area (TPSA) is 35.5 Å². The summed E-state index contributed by atoms with van der Waals surface area (Å²) in [4.78, 5) is 1.85. The molecule has 3 rings (SSSR count). The summed E-state index contributed by atoms with van der Waals surface area (Å²) in [5.41, 5.74) is 0.912. The average Bonchev–Trinajstić information content (AvgIpc) is 3.18. The fourth-order valence-electron chi connectivity index (χ4n) is 3.24. The summed E-state index contributed by atoms with van der Waals surface area (Å²) < 4.78 is 14.3. The summed E-state index contributed by atoms with van der Waals surface area (Å²) in [5, 5.41) is 13.8. The lowest BCUT2D eigenvalue weighted by Gasteiger charge is -2.30. The van der Waals surface area contributed by atoms with Crippen LogP contribution in [0.4, 0.5) is 10.1 Å². The number of likely N-dealkylation sites (N-methyl/N-ethyl adjacent to an activating group) is 1. The van der Waals surface area contributed by atoms with E-state index in [2.05, 4.69) is 5.32 Å². The number of benzene rings is 1. The standard InChI is InChI=1S/C17H25FN2O/c1-20(12-17(21)8-2-3-9-17)16-7-4-13(10-15(16)18)11-19-14-5-6-14/h4,7,10,14,19,21H,2-3,5-6,8-9,11-12H2,1H3. The number of halogens is 1. The maximum absolute atomic E-state index is 14.3. The Bertz CT molecular complexity index is 496. The van der Waals surface area contributed by atoms with Gasteiger partial charge in [0.25, 0.3) is 0 Å². The molecule has 0 aromatic heterocycles. The Morgan fingerprint density at radius 1 is 1.33 bits per heavy atom. The van der Waals surface area contributed by atoms with Gasteiger partial charge in [-0.2, -0.15) is 0 Å². The Kier molecular flexibility index (Phi) is 4.18. The highest BCUT2D eigenvalue weighted by atomic mass is 19.1. The Morgan fingerprint density at radius 2 is 2.05 bits per heavy atom. The molecule has 4 heteroatoms. The number of nitrogens with one attached hydrogen (secondary N) is 1. The number of hydrogen-bond donors (Lipinski definition) is 2. The zero-order chi connectivity index (χ0) is 14.9. The number of rotatable bonds is 6. The third kappa shape index (κ3) is 3.74. The van der Waals surface area contributed by atoms with Gasteiger partial charge in [-0.15, -0.1) is 0 Å². The first-order chi connectivity index (χ1) is 10.1. The van der Waals surface area contributed by atoms with Crippen LogP contribution in [0.1, 0.15) is 44.1 Å². The number of anilines is 1. The van der Waals surface area contributed by atoms with E-state index < -0.39 is 5.60 Å². The molecule has 2 aliphatic carbocycles. The normalized spacial score (nSPS) is 20.7. The largest absolute Gasteiger partial charge is 0.388 e. The van der Waals surface area contributed by atoms with E-state index in [0.29, 0.717) is 18.3 Å². The van der Waals surface area contributed by atoms with Gasteiger partial charge in [0, 0.05) is 26.2 Å². The van der Waals surface area contributed by atoms with E-state index in [1.165, 1.54) is 12.8 Å². The highest BCUT2D eigenvalue weighted by molar-refractivity contribution is 5.49. The quantitative estimate of drug-likeness (QED) is 0.846. The molecule has 2 saturated carbocycles. The van der Waals surface area contributed by atoms with E-state index in [1.54, 1.807) is 6.07 Å². The van der Waals surface area contributed by atoms with Crippen LogP contribution in [0.5, 0.6) is 0 Å². The van der Waals surface area contributed by atoms with Crippen LogP contribution in [-0.4, -0.2) is 30.3 Å². The van der Waals surface area contributed by atoms with Gasteiger partial charge < -0.3 is 15.3 Å². The van der Waals surface area contributed by atoms with Crippen LogP contribution < -0.4 is 10.2 Å². The smallest absolute Gasteiger partial charge is 0.146 e. The van der Waals surface area contributed by atoms with Crippen LogP contribution in [0.25, 0.3) is 0 Å². The van der Waals surface area contributed by atoms with Gasteiger partial charge in [-0.25, -0.2) is 4.39 Å². The van der Waals surface area contributed by atoms with Gasteiger partial charge in [0.2, 0.25) is 0 Å². The summed E-state index contributed by atoms with van der Waals surface area (Å²) in [5.74, 6) is -0.200. The molecule has 2 N–H and O–H groups in total. The van der Waals surface area contributed by atoms with Crippen LogP contribution in [0.15, 0.2) is 18.2 Å². The molecule has 0 heterocycles.